The van der Waals surface area contributed by atoms with E-state index in [4.69, 9.17) is 4.42 Å². The van der Waals surface area contributed by atoms with Crippen molar-refractivity contribution in [3.8, 4) is 0 Å². The molecule has 2 aromatic heterocycles. The Hall–Kier alpha value is -2.63. The maximum Gasteiger partial charge on any atom is 0.289 e. The fourth-order valence-corrected chi connectivity index (χ4v) is 4.43. The number of nitrogens with zero attached hydrogens (tertiary/aromatic N) is 4. The first-order chi connectivity index (χ1) is 13.3. The first kappa shape index (κ1) is 16.5. The molecule has 1 aromatic carbocycles. The molecule has 6 nitrogen and oxygen atoms in total. The fourth-order valence-electron chi connectivity index (χ4n) is 4.43. The van der Waals surface area contributed by atoms with Crippen LogP contribution in [0, 0.1) is 0 Å². The van der Waals surface area contributed by atoms with Crippen LogP contribution < -0.4 is 0 Å². The van der Waals surface area contributed by atoms with Crippen molar-refractivity contribution in [3.63, 3.8) is 0 Å². The van der Waals surface area contributed by atoms with E-state index in [0.717, 1.165) is 55.0 Å². The highest BCUT2D eigenvalue weighted by Crippen LogP contribution is 2.29. The average Bonchev–Trinajstić information content (AvgIpc) is 3.25. The van der Waals surface area contributed by atoms with Crippen LogP contribution in [0.5, 0.6) is 0 Å². The largest absolute Gasteiger partial charge is 0.451 e. The van der Waals surface area contributed by atoms with E-state index in [1.807, 2.05) is 35.2 Å². The molecular weight excluding hydrogens is 340 g/mol. The quantitative estimate of drug-likeness (QED) is 0.694. The number of furan rings is 1. The van der Waals surface area contributed by atoms with E-state index >= 15 is 0 Å². The summed E-state index contributed by atoms with van der Waals surface area (Å²) in [6.45, 7) is 2.47. The van der Waals surface area contributed by atoms with Crippen LogP contribution in [-0.4, -0.2) is 38.7 Å². The van der Waals surface area contributed by atoms with Gasteiger partial charge in [0.25, 0.3) is 5.91 Å². The lowest BCUT2D eigenvalue weighted by atomic mass is 9.96. The van der Waals surface area contributed by atoms with Gasteiger partial charge in [-0.05, 0) is 37.8 Å². The maximum absolute atomic E-state index is 13.0. The van der Waals surface area contributed by atoms with Gasteiger partial charge in [-0.1, -0.05) is 24.6 Å². The molecule has 0 spiro atoms. The third-order valence-corrected chi connectivity index (χ3v) is 5.85. The molecule has 2 aliphatic rings. The number of amides is 1. The van der Waals surface area contributed by atoms with Crippen molar-refractivity contribution < 1.29 is 9.21 Å². The van der Waals surface area contributed by atoms with Crippen LogP contribution in [0.25, 0.3) is 11.0 Å². The standard InChI is InChI=1S/C21H24N4O2/c26-21(18-13-15-7-3-4-9-17(15)27-18)24-11-6-8-16(14-24)20-23-22-19-10-2-1-5-12-25(19)20/h3-4,7,9,13,16H,1-2,5-6,8,10-12,14H2. The molecule has 27 heavy (non-hydrogen) atoms. The molecule has 1 saturated heterocycles. The third-order valence-electron chi connectivity index (χ3n) is 5.85. The Bertz CT molecular complexity index is 941. The van der Waals surface area contributed by atoms with E-state index in [0.29, 0.717) is 12.3 Å². The molecule has 0 N–H and O–H groups in total. The number of para-hydroxylation sites is 1. The number of carbonyl (C=O) groups excluding carboxylic acids is 1. The summed E-state index contributed by atoms with van der Waals surface area (Å²) in [5.41, 5.74) is 0.761. The smallest absolute Gasteiger partial charge is 0.289 e. The minimum Gasteiger partial charge on any atom is -0.451 e. The zero-order valence-electron chi connectivity index (χ0n) is 15.4. The molecular formula is C21H24N4O2. The number of likely N-dealkylation sites (tertiary alicyclic amines) is 1. The summed E-state index contributed by atoms with van der Waals surface area (Å²) in [6.07, 6.45) is 6.69. The summed E-state index contributed by atoms with van der Waals surface area (Å²) in [6, 6.07) is 9.61. The highest BCUT2D eigenvalue weighted by atomic mass is 16.3. The van der Waals surface area contributed by atoms with Crippen molar-refractivity contribution >= 4 is 16.9 Å². The summed E-state index contributed by atoms with van der Waals surface area (Å²) in [5.74, 6) is 2.84. The van der Waals surface area contributed by atoms with Gasteiger partial charge in [0.15, 0.2) is 5.76 Å². The Kier molecular flexibility index (Phi) is 4.19. The van der Waals surface area contributed by atoms with E-state index < -0.39 is 0 Å². The van der Waals surface area contributed by atoms with Gasteiger partial charge in [0.2, 0.25) is 0 Å². The molecule has 6 heteroatoms. The predicted octanol–water partition coefficient (Wildman–Crippen LogP) is 3.77. The second-order valence-corrected chi connectivity index (χ2v) is 7.68. The Labute approximate surface area is 158 Å². The Morgan fingerprint density at radius 3 is 2.93 bits per heavy atom. The monoisotopic (exact) mass is 364 g/mol. The number of carbonyl (C=O) groups is 1. The second kappa shape index (κ2) is 6.83. The summed E-state index contributed by atoms with van der Waals surface area (Å²) in [5, 5.41) is 9.93. The maximum atomic E-state index is 13.0. The highest BCUT2D eigenvalue weighted by Gasteiger charge is 2.31. The molecule has 4 heterocycles. The molecule has 1 fully saturated rings. The number of rotatable bonds is 2. The van der Waals surface area contributed by atoms with Gasteiger partial charge in [0, 0.05) is 37.4 Å². The van der Waals surface area contributed by atoms with Crippen LogP contribution in [0.4, 0.5) is 0 Å². The lowest BCUT2D eigenvalue weighted by Crippen LogP contribution is -2.39. The lowest BCUT2D eigenvalue weighted by molar-refractivity contribution is 0.0673. The van der Waals surface area contributed by atoms with Crippen LogP contribution in [0.1, 0.15) is 60.2 Å². The van der Waals surface area contributed by atoms with Gasteiger partial charge in [0.05, 0.1) is 0 Å². The first-order valence-corrected chi connectivity index (χ1v) is 9.99. The van der Waals surface area contributed by atoms with Crippen molar-refractivity contribution in [2.45, 2.75) is 51.0 Å². The third kappa shape index (κ3) is 3.03. The predicted molar refractivity (Wildman–Crippen MR) is 102 cm³/mol. The summed E-state index contributed by atoms with van der Waals surface area (Å²) in [7, 11) is 0. The number of hydrogen-bond donors (Lipinski definition) is 0. The zero-order chi connectivity index (χ0) is 18.2. The van der Waals surface area contributed by atoms with E-state index in [9.17, 15) is 4.79 Å². The number of hydrogen-bond acceptors (Lipinski definition) is 4. The van der Waals surface area contributed by atoms with Crippen molar-refractivity contribution in [2.24, 2.45) is 0 Å². The molecule has 0 radical (unpaired) electrons. The van der Waals surface area contributed by atoms with Gasteiger partial charge >= 0.3 is 0 Å². The Morgan fingerprint density at radius 2 is 2.00 bits per heavy atom. The molecule has 2 aliphatic heterocycles. The van der Waals surface area contributed by atoms with Crippen LogP contribution in [0.2, 0.25) is 0 Å². The highest BCUT2D eigenvalue weighted by molar-refractivity contribution is 5.96. The Balaban J connectivity index is 1.38. The normalized spacial score (nSPS) is 20.4. The molecule has 5 rings (SSSR count). The van der Waals surface area contributed by atoms with Gasteiger partial charge in [0.1, 0.15) is 17.2 Å². The summed E-state index contributed by atoms with van der Waals surface area (Å²) < 4.78 is 8.10. The van der Waals surface area contributed by atoms with Crippen molar-refractivity contribution in [1.29, 1.82) is 0 Å². The summed E-state index contributed by atoms with van der Waals surface area (Å²) in [4.78, 5) is 14.9. The molecule has 1 amide bonds. The van der Waals surface area contributed by atoms with Gasteiger partial charge < -0.3 is 13.9 Å². The minimum atomic E-state index is -0.0218. The molecule has 3 aromatic rings. The van der Waals surface area contributed by atoms with Crippen LogP contribution in [-0.2, 0) is 13.0 Å². The molecule has 0 aliphatic carbocycles. The van der Waals surface area contributed by atoms with Gasteiger partial charge in [-0.25, -0.2) is 0 Å². The number of aryl methyl sites for hydroxylation is 1. The van der Waals surface area contributed by atoms with E-state index in [1.165, 1.54) is 19.3 Å². The minimum absolute atomic E-state index is 0.0218. The fraction of sp³-hybridized carbons (Fsp3) is 0.476. The number of aromatic nitrogens is 3. The van der Waals surface area contributed by atoms with Gasteiger partial charge in [-0.15, -0.1) is 10.2 Å². The average molecular weight is 364 g/mol. The van der Waals surface area contributed by atoms with Crippen LogP contribution >= 0.6 is 0 Å². The number of fused-ring (bicyclic) bond motifs is 2. The van der Waals surface area contributed by atoms with E-state index in [1.54, 1.807) is 0 Å². The van der Waals surface area contributed by atoms with Crippen molar-refractivity contribution in [2.75, 3.05) is 13.1 Å². The molecule has 1 atom stereocenters. The topological polar surface area (TPSA) is 64.2 Å². The lowest BCUT2D eigenvalue weighted by Gasteiger charge is -2.32. The summed E-state index contributed by atoms with van der Waals surface area (Å²) >= 11 is 0. The molecule has 0 bridgehead atoms. The van der Waals surface area contributed by atoms with Gasteiger partial charge in [-0.2, -0.15) is 0 Å². The molecule has 1 unspecified atom stereocenters. The zero-order valence-corrected chi connectivity index (χ0v) is 15.4. The van der Waals surface area contributed by atoms with Crippen molar-refractivity contribution in [3.05, 3.63) is 47.7 Å². The molecule has 0 saturated carbocycles. The number of piperidine rings is 1. The van der Waals surface area contributed by atoms with E-state index in [-0.39, 0.29) is 11.8 Å². The van der Waals surface area contributed by atoms with E-state index in [2.05, 4.69) is 14.8 Å². The first-order valence-electron chi connectivity index (χ1n) is 9.99. The molecule has 140 valence electrons. The van der Waals surface area contributed by atoms with Crippen LogP contribution in [0.3, 0.4) is 0 Å². The number of benzene rings is 1. The van der Waals surface area contributed by atoms with Crippen molar-refractivity contribution in [1.82, 2.24) is 19.7 Å². The van der Waals surface area contributed by atoms with Crippen LogP contribution in [0.15, 0.2) is 34.7 Å². The second-order valence-electron chi connectivity index (χ2n) is 7.68. The Morgan fingerprint density at radius 1 is 1.07 bits per heavy atom. The van der Waals surface area contributed by atoms with Gasteiger partial charge in [-0.3, -0.25) is 4.79 Å². The SMILES string of the molecule is O=C(c1cc2ccccc2o1)N1CCCC(c2nnc3n2CCCCC3)C1.